The van der Waals surface area contributed by atoms with Gasteiger partial charge in [-0.05, 0) is 38.2 Å². The van der Waals surface area contributed by atoms with Gasteiger partial charge in [-0.2, -0.15) is 18.4 Å². The molecular formula is C18H21F3N4O2. The van der Waals surface area contributed by atoms with Gasteiger partial charge in [0.25, 0.3) is 0 Å². The number of carboxylic acids is 1. The SMILES string of the molecule is CC1CCN1c1nc(N2CCC(CCC(=O)O)C2)cc(C(F)(F)F)c1C#N. The van der Waals surface area contributed by atoms with Crippen LogP contribution in [0.5, 0.6) is 0 Å². The van der Waals surface area contributed by atoms with Crippen LogP contribution in [0.2, 0.25) is 0 Å². The van der Waals surface area contributed by atoms with Gasteiger partial charge in [-0.15, -0.1) is 0 Å². The van der Waals surface area contributed by atoms with Crippen LogP contribution in [0, 0.1) is 17.2 Å². The number of hydrogen-bond acceptors (Lipinski definition) is 5. The Morgan fingerprint density at radius 2 is 2.15 bits per heavy atom. The molecule has 1 N–H and O–H groups in total. The van der Waals surface area contributed by atoms with Crippen LogP contribution in [0.15, 0.2) is 6.07 Å². The van der Waals surface area contributed by atoms with Gasteiger partial charge in [0.05, 0.1) is 5.56 Å². The molecule has 2 atom stereocenters. The average molecular weight is 382 g/mol. The molecule has 0 aromatic carbocycles. The van der Waals surface area contributed by atoms with Crippen molar-refractivity contribution in [1.29, 1.82) is 5.26 Å². The van der Waals surface area contributed by atoms with E-state index in [1.54, 1.807) is 15.9 Å². The molecule has 0 spiro atoms. The second-order valence-corrected chi connectivity index (χ2v) is 7.20. The van der Waals surface area contributed by atoms with Crippen molar-refractivity contribution in [2.24, 2.45) is 5.92 Å². The number of aromatic nitrogens is 1. The molecule has 0 radical (unpaired) electrons. The first-order chi connectivity index (χ1) is 12.7. The predicted molar refractivity (Wildman–Crippen MR) is 92.6 cm³/mol. The van der Waals surface area contributed by atoms with Gasteiger partial charge in [-0.1, -0.05) is 0 Å². The van der Waals surface area contributed by atoms with E-state index in [4.69, 9.17) is 5.11 Å². The lowest BCUT2D eigenvalue weighted by Gasteiger charge is -2.40. The van der Waals surface area contributed by atoms with Crippen LogP contribution in [0.1, 0.15) is 43.7 Å². The fourth-order valence-corrected chi connectivity index (χ4v) is 3.66. The zero-order chi connectivity index (χ0) is 19.8. The third-order valence-electron chi connectivity index (χ3n) is 5.37. The van der Waals surface area contributed by atoms with Crippen molar-refractivity contribution in [2.75, 3.05) is 29.4 Å². The second kappa shape index (κ2) is 7.25. The summed E-state index contributed by atoms with van der Waals surface area (Å²) < 4.78 is 40.7. The number of rotatable bonds is 5. The van der Waals surface area contributed by atoms with E-state index in [9.17, 15) is 23.2 Å². The molecule has 2 unspecified atom stereocenters. The molecular weight excluding hydrogens is 361 g/mol. The Morgan fingerprint density at radius 1 is 1.41 bits per heavy atom. The molecule has 2 saturated heterocycles. The van der Waals surface area contributed by atoms with Crippen LogP contribution >= 0.6 is 0 Å². The molecule has 1 aromatic heterocycles. The number of pyridine rings is 1. The summed E-state index contributed by atoms with van der Waals surface area (Å²) in [5.41, 5.74) is -1.39. The Hall–Kier alpha value is -2.50. The Kier molecular flexibility index (Phi) is 5.18. The molecule has 0 amide bonds. The van der Waals surface area contributed by atoms with Gasteiger partial charge in [0.15, 0.2) is 0 Å². The Morgan fingerprint density at radius 3 is 2.67 bits per heavy atom. The average Bonchev–Trinajstić information content (AvgIpc) is 3.06. The van der Waals surface area contributed by atoms with E-state index in [2.05, 4.69) is 4.98 Å². The van der Waals surface area contributed by atoms with E-state index in [0.717, 1.165) is 12.5 Å². The molecule has 1 aromatic rings. The van der Waals surface area contributed by atoms with E-state index in [1.165, 1.54) is 0 Å². The fraction of sp³-hybridized carbons (Fsp3) is 0.611. The highest BCUT2D eigenvalue weighted by Gasteiger charge is 2.39. The summed E-state index contributed by atoms with van der Waals surface area (Å²) in [7, 11) is 0. The summed E-state index contributed by atoms with van der Waals surface area (Å²) in [5.74, 6) is -0.471. The standard InChI is InChI=1S/C18H21F3N4O2/c1-11-4-7-25(11)17-13(9-22)14(18(19,20)21)8-15(23-17)24-6-5-12(10-24)2-3-16(26)27/h8,11-12H,2-7,10H2,1H3,(H,26,27). The Bertz CT molecular complexity index is 775. The van der Waals surface area contributed by atoms with E-state index in [-0.39, 0.29) is 30.0 Å². The molecule has 2 aliphatic rings. The summed E-state index contributed by atoms with van der Waals surface area (Å²) >= 11 is 0. The molecule has 0 aliphatic carbocycles. The van der Waals surface area contributed by atoms with Crippen molar-refractivity contribution in [3.63, 3.8) is 0 Å². The minimum atomic E-state index is -4.64. The predicted octanol–water partition coefficient (Wildman–Crippen LogP) is 3.26. The number of carboxylic acid groups (broad SMARTS) is 1. The lowest BCUT2D eigenvalue weighted by molar-refractivity contribution is -0.138. The van der Waals surface area contributed by atoms with Gasteiger partial charge in [0.2, 0.25) is 0 Å². The van der Waals surface area contributed by atoms with Crippen molar-refractivity contribution in [2.45, 2.75) is 44.8 Å². The first kappa shape index (κ1) is 19.3. The molecule has 146 valence electrons. The third kappa shape index (κ3) is 3.94. The number of halogens is 3. The summed E-state index contributed by atoms with van der Waals surface area (Å²) in [5, 5.41) is 18.2. The number of nitriles is 1. The summed E-state index contributed by atoms with van der Waals surface area (Å²) in [6.45, 7) is 3.46. The highest BCUT2D eigenvalue weighted by Crippen LogP contribution is 2.40. The topological polar surface area (TPSA) is 80.5 Å². The first-order valence-corrected chi connectivity index (χ1v) is 8.96. The van der Waals surface area contributed by atoms with Crippen molar-refractivity contribution < 1.29 is 23.1 Å². The zero-order valence-electron chi connectivity index (χ0n) is 15.0. The second-order valence-electron chi connectivity index (χ2n) is 7.20. The maximum Gasteiger partial charge on any atom is 0.417 e. The lowest BCUT2D eigenvalue weighted by atomic mass is 10.0. The van der Waals surface area contributed by atoms with Crippen LogP contribution in [0.4, 0.5) is 24.8 Å². The monoisotopic (exact) mass is 382 g/mol. The van der Waals surface area contributed by atoms with Crippen LogP contribution < -0.4 is 9.80 Å². The number of alkyl halides is 3. The summed E-state index contributed by atoms with van der Waals surface area (Å²) in [6.07, 6.45) is -2.55. The molecule has 27 heavy (non-hydrogen) atoms. The van der Waals surface area contributed by atoms with Gasteiger partial charge in [-0.3, -0.25) is 4.79 Å². The van der Waals surface area contributed by atoms with E-state index in [0.29, 0.717) is 32.5 Å². The molecule has 2 fully saturated rings. The van der Waals surface area contributed by atoms with Crippen molar-refractivity contribution in [1.82, 2.24) is 4.98 Å². The number of aliphatic carboxylic acids is 1. The quantitative estimate of drug-likeness (QED) is 0.842. The highest BCUT2D eigenvalue weighted by atomic mass is 19.4. The number of anilines is 2. The van der Waals surface area contributed by atoms with Gasteiger partial charge >= 0.3 is 12.1 Å². The van der Waals surface area contributed by atoms with Crippen LogP contribution in [-0.2, 0) is 11.0 Å². The van der Waals surface area contributed by atoms with E-state index < -0.39 is 23.3 Å². The smallest absolute Gasteiger partial charge is 0.417 e. The maximum atomic E-state index is 13.6. The number of hydrogen-bond donors (Lipinski definition) is 1. The lowest BCUT2D eigenvalue weighted by Crippen LogP contribution is -2.47. The Balaban J connectivity index is 1.93. The fourth-order valence-electron chi connectivity index (χ4n) is 3.66. The molecule has 2 aliphatic heterocycles. The number of nitrogens with zero attached hydrogens (tertiary/aromatic N) is 4. The summed E-state index contributed by atoms with van der Waals surface area (Å²) in [4.78, 5) is 18.6. The molecule has 6 nitrogen and oxygen atoms in total. The maximum absolute atomic E-state index is 13.6. The van der Waals surface area contributed by atoms with Gasteiger partial charge in [0, 0.05) is 32.1 Å². The highest BCUT2D eigenvalue weighted by molar-refractivity contribution is 5.67. The first-order valence-electron chi connectivity index (χ1n) is 8.96. The molecule has 3 rings (SSSR count). The molecule has 3 heterocycles. The molecule has 9 heteroatoms. The zero-order valence-corrected chi connectivity index (χ0v) is 15.0. The van der Waals surface area contributed by atoms with Crippen molar-refractivity contribution in [3.8, 4) is 6.07 Å². The van der Waals surface area contributed by atoms with Gasteiger partial charge in [0.1, 0.15) is 23.3 Å². The Labute approximate surface area is 155 Å². The minimum absolute atomic E-state index is 0.0443. The van der Waals surface area contributed by atoms with E-state index >= 15 is 0 Å². The molecule has 0 saturated carbocycles. The van der Waals surface area contributed by atoms with Crippen molar-refractivity contribution in [3.05, 3.63) is 17.2 Å². The van der Waals surface area contributed by atoms with Crippen molar-refractivity contribution >= 4 is 17.6 Å². The van der Waals surface area contributed by atoms with Crippen LogP contribution in [0.25, 0.3) is 0 Å². The van der Waals surface area contributed by atoms with E-state index in [1.807, 2.05) is 6.92 Å². The molecule has 0 bridgehead atoms. The normalized spacial score (nSPS) is 22.5. The van der Waals surface area contributed by atoms with Crippen LogP contribution in [-0.4, -0.2) is 41.7 Å². The number of carbonyl (C=O) groups is 1. The third-order valence-corrected chi connectivity index (χ3v) is 5.37. The van der Waals surface area contributed by atoms with Crippen LogP contribution in [0.3, 0.4) is 0 Å². The largest absolute Gasteiger partial charge is 0.481 e. The minimum Gasteiger partial charge on any atom is -0.481 e. The summed E-state index contributed by atoms with van der Waals surface area (Å²) in [6, 6.07) is 2.69. The van der Waals surface area contributed by atoms with Gasteiger partial charge in [-0.25, -0.2) is 4.98 Å². The van der Waals surface area contributed by atoms with Gasteiger partial charge < -0.3 is 14.9 Å².